The van der Waals surface area contributed by atoms with Crippen LogP contribution in [0.25, 0.3) is 0 Å². The maximum absolute atomic E-state index is 13.4. The predicted octanol–water partition coefficient (Wildman–Crippen LogP) is 10.8. The number of aromatic amines is 2. The Bertz CT molecular complexity index is 2720. The Morgan fingerprint density at radius 1 is 0.558 bits per heavy atom. The number of nitrogens with zero attached hydrogens (tertiary/aromatic N) is 4. The zero-order valence-electron chi connectivity index (χ0n) is 41.0. The lowest BCUT2D eigenvalue weighted by Gasteiger charge is -2.47. The summed E-state index contributed by atoms with van der Waals surface area (Å²) in [6, 6.07) is 21.2. The van der Waals surface area contributed by atoms with Crippen LogP contribution >= 0.6 is 0 Å². The first-order valence-corrected chi connectivity index (χ1v) is 23.9. The number of benzene rings is 4. The van der Waals surface area contributed by atoms with E-state index in [1.54, 1.807) is 22.8 Å². The van der Waals surface area contributed by atoms with Crippen molar-refractivity contribution in [2.24, 2.45) is 0 Å². The van der Waals surface area contributed by atoms with Crippen molar-refractivity contribution in [3.05, 3.63) is 175 Å². The van der Waals surface area contributed by atoms with Crippen molar-refractivity contribution in [2.75, 3.05) is 32.9 Å². The van der Waals surface area contributed by atoms with Gasteiger partial charge in [-0.05, 0) is 105 Å². The van der Waals surface area contributed by atoms with E-state index in [4.69, 9.17) is 9.47 Å². The molecule has 4 heterocycles. The number of rotatable bonds is 14. The van der Waals surface area contributed by atoms with E-state index >= 15 is 0 Å². The lowest BCUT2D eigenvalue weighted by molar-refractivity contribution is -0.145. The second kappa shape index (κ2) is 23.0. The highest BCUT2D eigenvalue weighted by molar-refractivity contribution is 5.36. The van der Waals surface area contributed by atoms with Gasteiger partial charge in [0.2, 0.25) is 0 Å². The molecule has 0 bridgehead atoms. The lowest BCUT2D eigenvalue weighted by atomic mass is 9.75. The number of aromatic nitrogens is 6. The average Bonchev–Trinajstić information content (AvgIpc) is 4.05. The molecule has 0 aliphatic carbocycles. The van der Waals surface area contributed by atoms with Gasteiger partial charge in [-0.1, -0.05) is 75.0 Å². The number of hydrogen-bond acceptors (Lipinski definition) is 9. The Morgan fingerprint density at radius 2 is 0.896 bits per heavy atom. The Balaban J connectivity index is 0.000000246. The van der Waals surface area contributed by atoms with Crippen molar-refractivity contribution in [1.82, 2.24) is 40.2 Å². The number of ether oxygens (including phenoxy) is 2. The van der Waals surface area contributed by atoms with E-state index in [0.717, 1.165) is 11.1 Å². The van der Waals surface area contributed by atoms with E-state index in [1.165, 1.54) is 31.1 Å². The molecule has 4 aromatic carbocycles. The fourth-order valence-electron chi connectivity index (χ4n) is 9.75. The summed E-state index contributed by atoms with van der Waals surface area (Å²) >= 11 is 0. The second-order valence-electron chi connectivity index (χ2n) is 19.2. The van der Waals surface area contributed by atoms with Crippen molar-refractivity contribution in [2.45, 2.75) is 119 Å². The summed E-state index contributed by atoms with van der Waals surface area (Å²) in [7, 11) is 0. The number of halogens is 12. The second-order valence-corrected chi connectivity index (χ2v) is 19.2. The first kappa shape index (κ1) is 60.0. The highest BCUT2D eigenvalue weighted by Gasteiger charge is 2.48. The van der Waals surface area contributed by atoms with Crippen LogP contribution in [0.5, 0.6) is 0 Å². The summed E-state index contributed by atoms with van der Waals surface area (Å²) < 4.78 is 175. The molecule has 25 heteroatoms. The molecule has 2 aromatic heterocycles. The third-order valence-corrected chi connectivity index (χ3v) is 14.6. The molecular formula is C52H58F12N8O5. The molecule has 6 atom stereocenters. The highest BCUT2D eigenvalue weighted by Crippen LogP contribution is 2.44. The smallest absolute Gasteiger partial charge is 0.394 e. The Labute approximate surface area is 434 Å². The Kier molecular flexibility index (Phi) is 17.9. The number of alkyl halides is 12. The van der Waals surface area contributed by atoms with Gasteiger partial charge in [0.05, 0.1) is 76.4 Å². The van der Waals surface area contributed by atoms with Crippen molar-refractivity contribution in [3.63, 3.8) is 0 Å². The van der Waals surface area contributed by atoms with Gasteiger partial charge in [0, 0.05) is 13.1 Å². The number of aliphatic hydroxyl groups excluding tert-OH is 1. The molecule has 2 fully saturated rings. The zero-order chi connectivity index (χ0) is 55.5. The first-order valence-electron chi connectivity index (χ1n) is 23.9. The fourth-order valence-corrected chi connectivity index (χ4v) is 9.75. The normalized spacial score (nSPS) is 23.1. The summed E-state index contributed by atoms with van der Waals surface area (Å²) in [5.74, 6) is 0. The Morgan fingerprint density at radius 3 is 1.17 bits per heavy atom. The minimum absolute atomic E-state index is 0. The predicted molar refractivity (Wildman–Crippen MR) is 258 cm³/mol. The number of nitrogens with one attached hydrogen (secondary N) is 4. The summed E-state index contributed by atoms with van der Waals surface area (Å²) in [5, 5.41) is 29.3. The Hall–Kier alpha value is -6.28. The third kappa shape index (κ3) is 13.2. The summed E-state index contributed by atoms with van der Waals surface area (Å²) in [5.41, 5.74) is -8.52. The topological polar surface area (TPSA) is 164 Å². The van der Waals surface area contributed by atoms with Gasteiger partial charge in [-0.25, -0.2) is 19.8 Å². The van der Waals surface area contributed by atoms with Crippen LogP contribution in [-0.2, 0) is 56.3 Å². The number of hydrogen-bond donors (Lipinski definition) is 5. The van der Waals surface area contributed by atoms with E-state index in [9.17, 15) is 67.4 Å². The molecule has 77 heavy (non-hydrogen) atoms. The number of aliphatic hydroxyl groups is 1. The fraction of sp³-hybridized carbons (Fsp3) is 0.462. The van der Waals surface area contributed by atoms with Crippen molar-refractivity contribution in [3.8, 4) is 0 Å². The third-order valence-electron chi connectivity index (χ3n) is 14.6. The quantitative estimate of drug-likeness (QED) is 0.0668. The molecule has 6 aromatic rings. The zero-order valence-corrected chi connectivity index (χ0v) is 41.0. The molecule has 0 amide bonds. The van der Waals surface area contributed by atoms with Crippen LogP contribution in [0.15, 0.2) is 119 Å². The van der Waals surface area contributed by atoms with Gasteiger partial charge in [0.1, 0.15) is 12.7 Å². The largest absolute Gasteiger partial charge is 0.416 e. The highest BCUT2D eigenvalue weighted by atomic mass is 19.4. The lowest BCUT2D eigenvalue weighted by Crippen LogP contribution is -2.61. The molecule has 2 aliphatic heterocycles. The number of H-pyrrole nitrogens is 2. The molecule has 5 N–H and O–H groups in total. The standard InChI is InChI=1S/C26H28F6N4O2.C25H26F6N4O3.CH4/c1-3-23(36-16-34-35-22(36)37)9-10-24(33-14-23,19-7-5-4-6-8-19)15-38-17(2)18-11-20(25(27,28)29)13-21(12-18)26(30,31)32;1-16(17-9-19(24(26,27)28)11-20(10-17)25(29,30)31)38-14-23(18-5-3-2-4-6-18)8-7-22(13-36,12-32-23)35-15-33-34-21(35)37;/h4-8,11-13,16-17,33H,3,9-10,14-15H2,1-2H3,(H,35,37);2-6,9-11,15-16,32,36H,7-8,12-14H2,1H3,(H,34,37);1H4/t17-,23+,24-;16-,22+,23-;/m11./s1. The van der Waals surface area contributed by atoms with Crippen LogP contribution < -0.4 is 22.0 Å². The molecule has 0 spiro atoms. The maximum Gasteiger partial charge on any atom is 0.416 e. The van der Waals surface area contributed by atoms with Crippen LogP contribution in [0.3, 0.4) is 0 Å². The molecule has 8 rings (SSSR count). The van der Waals surface area contributed by atoms with Gasteiger partial charge in [0.15, 0.2) is 0 Å². The minimum atomic E-state index is -4.97. The average molecular weight is 1100 g/mol. The molecule has 13 nitrogen and oxygen atoms in total. The molecule has 0 unspecified atom stereocenters. The molecule has 2 aliphatic rings. The van der Waals surface area contributed by atoms with Gasteiger partial charge in [0.25, 0.3) is 0 Å². The van der Waals surface area contributed by atoms with Crippen LogP contribution in [-0.4, -0.2) is 67.5 Å². The van der Waals surface area contributed by atoms with Crippen molar-refractivity contribution in [1.29, 1.82) is 0 Å². The van der Waals surface area contributed by atoms with Gasteiger partial charge in [-0.2, -0.15) is 62.9 Å². The van der Waals surface area contributed by atoms with Gasteiger partial charge in [-0.15, -0.1) is 0 Å². The van der Waals surface area contributed by atoms with E-state index in [0.29, 0.717) is 62.9 Å². The molecule has 0 saturated carbocycles. The van der Waals surface area contributed by atoms with Crippen LogP contribution in [0.2, 0.25) is 0 Å². The van der Waals surface area contributed by atoms with Crippen LogP contribution in [0.1, 0.15) is 117 Å². The summed E-state index contributed by atoms with van der Waals surface area (Å²) in [6.45, 7) is 4.79. The molecule has 0 radical (unpaired) electrons. The SMILES string of the molecule is C.CC[C@]1(n2cn[nH]c2=O)CC[C@@](CO[C@H](C)c2cc(C(F)(F)F)cc(C(F)(F)F)c2)(c2ccccc2)NC1.C[C@@H](OC[C@@]1(c2ccccc2)CC[C@](CO)(n2cn[nH]c2=O)CN1)c1cc(C(F)(F)F)cc(C(F)(F)F)c1. The van der Waals surface area contributed by atoms with Gasteiger partial charge < -0.3 is 25.2 Å². The first-order chi connectivity index (χ1) is 35.6. The van der Waals surface area contributed by atoms with Gasteiger partial charge >= 0.3 is 36.1 Å². The summed E-state index contributed by atoms with van der Waals surface area (Å²) in [6.07, 6.45) is -16.9. The maximum atomic E-state index is 13.4. The van der Waals surface area contributed by atoms with Crippen LogP contribution in [0, 0.1) is 0 Å². The van der Waals surface area contributed by atoms with E-state index in [-0.39, 0.29) is 62.7 Å². The van der Waals surface area contributed by atoms with E-state index < -0.39 is 87.0 Å². The van der Waals surface area contributed by atoms with Crippen LogP contribution in [0.4, 0.5) is 52.7 Å². The molecule has 420 valence electrons. The monoisotopic (exact) mass is 1100 g/mol. The summed E-state index contributed by atoms with van der Waals surface area (Å²) in [4.78, 5) is 24.5. The van der Waals surface area contributed by atoms with Crippen molar-refractivity contribution >= 4 is 0 Å². The number of piperidine rings is 2. The van der Waals surface area contributed by atoms with E-state index in [2.05, 4.69) is 31.0 Å². The molecular weight excluding hydrogens is 1040 g/mol. The van der Waals surface area contributed by atoms with E-state index in [1.807, 2.05) is 49.4 Å². The molecule has 2 saturated heterocycles. The van der Waals surface area contributed by atoms with Gasteiger partial charge in [-0.3, -0.25) is 9.13 Å². The minimum Gasteiger partial charge on any atom is -0.394 e. The van der Waals surface area contributed by atoms with Crippen molar-refractivity contribution < 1.29 is 67.3 Å².